The third-order valence-electron chi connectivity index (χ3n) is 6.25. The van der Waals surface area contributed by atoms with Crippen LogP contribution in [0.15, 0.2) is 65.3 Å². The molecule has 1 aliphatic rings. The van der Waals surface area contributed by atoms with Gasteiger partial charge in [0.1, 0.15) is 29.3 Å². The number of ether oxygens (including phenoxy) is 2. The van der Waals surface area contributed by atoms with E-state index >= 15 is 0 Å². The Morgan fingerprint density at radius 3 is 2.66 bits per heavy atom. The normalized spacial score (nSPS) is 16.3. The van der Waals surface area contributed by atoms with Crippen LogP contribution >= 0.6 is 0 Å². The van der Waals surface area contributed by atoms with Crippen LogP contribution in [-0.4, -0.2) is 58.8 Å². The third-order valence-corrected chi connectivity index (χ3v) is 6.25. The second kappa shape index (κ2) is 10.1. The van der Waals surface area contributed by atoms with Gasteiger partial charge in [0.15, 0.2) is 0 Å². The van der Waals surface area contributed by atoms with Gasteiger partial charge in [0.2, 0.25) is 11.6 Å². The third kappa shape index (κ3) is 4.97. The molecule has 1 aliphatic heterocycles. The molecule has 0 unspecified atom stereocenters. The molecule has 0 saturated carbocycles. The van der Waals surface area contributed by atoms with Crippen LogP contribution in [0.3, 0.4) is 0 Å². The maximum Gasteiger partial charge on any atom is 0.304 e. The first-order valence-corrected chi connectivity index (χ1v) is 11.7. The molecule has 1 saturated heterocycles. The van der Waals surface area contributed by atoms with Gasteiger partial charge in [0.25, 0.3) is 0 Å². The van der Waals surface area contributed by atoms with E-state index in [9.17, 15) is 4.79 Å². The van der Waals surface area contributed by atoms with Crippen molar-refractivity contribution in [2.24, 2.45) is 0 Å². The summed E-state index contributed by atoms with van der Waals surface area (Å²) < 4.78 is 18.1. The molecule has 3 heterocycles. The van der Waals surface area contributed by atoms with Crippen molar-refractivity contribution in [3.63, 3.8) is 0 Å². The van der Waals surface area contributed by atoms with Gasteiger partial charge in [-0.1, -0.05) is 42.5 Å². The Morgan fingerprint density at radius 1 is 1.11 bits per heavy atom. The van der Waals surface area contributed by atoms with Gasteiger partial charge in [-0.3, -0.25) is 9.69 Å². The van der Waals surface area contributed by atoms with Gasteiger partial charge in [-0.2, -0.15) is 0 Å². The maximum absolute atomic E-state index is 11.0. The SMILES string of the molecule is COc1ccc(-c2c(-c3ccccc3)oc3ncnc(O[C@H]4CCCN(CCC(=O)O)C4)c23)cc1. The van der Waals surface area contributed by atoms with Gasteiger partial charge >= 0.3 is 5.97 Å². The number of benzene rings is 2. The number of furan rings is 1. The predicted molar refractivity (Wildman–Crippen MR) is 132 cm³/mol. The van der Waals surface area contributed by atoms with Crippen LogP contribution in [0, 0.1) is 0 Å². The van der Waals surface area contributed by atoms with Crippen molar-refractivity contribution >= 4 is 17.1 Å². The van der Waals surface area contributed by atoms with E-state index in [4.69, 9.17) is 19.0 Å². The summed E-state index contributed by atoms with van der Waals surface area (Å²) in [5.41, 5.74) is 3.19. The second-order valence-corrected chi connectivity index (χ2v) is 8.59. The number of piperidine rings is 1. The minimum absolute atomic E-state index is 0.102. The molecule has 0 spiro atoms. The molecule has 1 N–H and O–H groups in total. The Bertz CT molecular complexity index is 1300. The smallest absolute Gasteiger partial charge is 0.304 e. The fraction of sp³-hybridized carbons (Fsp3) is 0.296. The summed E-state index contributed by atoms with van der Waals surface area (Å²) in [6.07, 6.45) is 3.28. The van der Waals surface area contributed by atoms with Gasteiger partial charge in [-0.15, -0.1) is 0 Å². The van der Waals surface area contributed by atoms with E-state index in [0.29, 0.717) is 30.4 Å². The maximum atomic E-state index is 11.0. The number of hydrogen-bond acceptors (Lipinski definition) is 7. The number of hydrogen-bond donors (Lipinski definition) is 1. The number of carbonyl (C=O) groups is 1. The highest BCUT2D eigenvalue weighted by molar-refractivity contribution is 6.03. The quantitative estimate of drug-likeness (QED) is 0.387. The summed E-state index contributed by atoms with van der Waals surface area (Å²) in [7, 11) is 1.64. The van der Waals surface area contributed by atoms with Crippen LogP contribution in [0.2, 0.25) is 0 Å². The first-order chi connectivity index (χ1) is 17.1. The second-order valence-electron chi connectivity index (χ2n) is 8.59. The Balaban J connectivity index is 1.55. The number of likely N-dealkylation sites (tertiary alicyclic amines) is 1. The van der Waals surface area contributed by atoms with Gasteiger partial charge in [-0.05, 0) is 37.1 Å². The summed E-state index contributed by atoms with van der Waals surface area (Å²) in [5, 5.41) is 9.76. The number of fused-ring (bicyclic) bond motifs is 1. The summed E-state index contributed by atoms with van der Waals surface area (Å²) in [6, 6.07) is 17.7. The highest BCUT2D eigenvalue weighted by Gasteiger charge is 2.27. The van der Waals surface area contributed by atoms with Crippen molar-refractivity contribution in [3.8, 4) is 34.1 Å². The van der Waals surface area contributed by atoms with Crippen LogP contribution in [0.25, 0.3) is 33.6 Å². The lowest BCUT2D eigenvalue weighted by molar-refractivity contribution is -0.137. The largest absolute Gasteiger partial charge is 0.497 e. The van der Waals surface area contributed by atoms with Crippen molar-refractivity contribution in [2.45, 2.75) is 25.4 Å². The Labute approximate surface area is 203 Å². The first-order valence-electron chi connectivity index (χ1n) is 11.7. The molecular formula is C27H27N3O5. The minimum Gasteiger partial charge on any atom is -0.497 e. The first kappa shape index (κ1) is 22.9. The molecule has 0 aliphatic carbocycles. The van der Waals surface area contributed by atoms with Crippen molar-refractivity contribution in [1.29, 1.82) is 0 Å². The highest BCUT2D eigenvalue weighted by Crippen LogP contribution is 2.43. The molecule has 180 valence electrons. The number of methoxy groups -OCH3 is 1. The number of carboxylic acids is 1. The summed E-state index contributed by atoms with van der Waals surface area (Å²) in [5.74, 6) is 1.14. The lowest BCUT2D eigenvalue weighted by atomic mass is 9.99. The molecule has 0 amide bonds. The zero-order valence-electron chi connectivity index (χ0n) is 19.5. The standard InChI is InChI=1S/C27H27N3O5/c1-33-20-11-9-18(10-12-20)23-24-26(34-21-8-5-14-30(16-21)15-13-22(31)32)28-17-29-27(24)35-25(23)19-6-3-2-4-7-19/h2-4,6-7,9-12,17,21H,5,8,13-16H2,1H3,(H,31,32)/t21-/m0/s1. The van der Waals surface area contributed by atoms with Crippen LogP contribution in [0.1, 0.15) is 19.3 Å². The van der Waals surface area contributed by atoms with Crippen LogP contribution in [0.4, 0.5) is 0 Å². The van der Waals surface area contributed by atoms with E-state index in [0.717, 1.165) is 47.2 Å². The zero-order chi connectivity index (χ0) is 24.2. The molecule has 1 fully saturated rings. The molecule has 2 aromatic heterocycles. The molecule has 4 aromatic rings. The van der Waals surface area contributed by atoms with Gasteiger partial charge in [0, 0.05) is 24.2 Å². The minimum atomic E-state index is -0.790. The van der Waals surface area contributed by atoms with Crippen LogP contribution in [0.5, 0.6) is 11.6 Å². The Morgan fingerprint density at radius 2 is 1.91 bits per heavy atom. The highest BCUT2D eigenvalue weighted by atomic mass is 16.5. The molecule has 35 heavy (non-hydrogen) atoms. The molecule has 5 rings (SSSR count). The van der Waals surface area contributed by atoms with E-state index in [2.05, 4.69) is 14.9 Å². The van der Waals surface area contributed by atoms with Gasteiger partial charge in [0.05, 0.1) is 13.5 Å². The molecule has 1 atom stereocenters. The lowest BCUT2D eigenvalue weighted by Crippen LogP contribution is -2.42. The van der Waals surface area contributed by atoms with Crippen LogP contribution in [-0.2, 0) is 4.79 Å². The van der Waals surface area contributed by atoms with E-state index in [1.165, 1.54) is 6.33 Å². The molecule has 8 heteroatoms. The number of aromatic nitrogens is 2. The van der Waals surface area contributed by atoms with Crippen molar-refractivity contribution in [1.82, 2.24) is 14.9 Å². The number of aliphatic carboxylic acids is 1. The van der Waals surface area contributed by atoms with E-state index in [1.54, 1.807) is 7.11 Å². The predicted octanol–water partition coefficient (Wildman–Crippen LogP) is 4.88. The summed E-state index contributed by atoms with van der Waals surface area (Å²) in [6.45, 7) is 2.03. The Hall–Kier alpha value is -3.91. The monoisotopic (exact) mass is 473 g/mol. The number of rotatable bonds is 8. The van der Waals surface area contributed by atoms with Crippen molar-refractivity contribution in [2.75, 3.05) is 26.7 Å². The fourth-order valence-corrected chi connectivity index (χ4v) is 4.55. The van der Waals surface area contributed by atoms with E-state index < -0.39 is 5.97 Å². The molecule has 8 nitrogen and oxygen atoms in total. The molecule has 2 aromatic carbocycles. The van der Waals surface area contributed by atoms with Gasteiger partial charge < -0.3 is 19.0 Å². The molecule has 0 bridgehead atoms. The average molecular weight is 474 g/mol. The number of nitrogens with zero attached hydrogens (tertiary/aromatic N) is 3. The zero-order valence-corrected chi connectivity index (χ0v) is 19.5. The van der Waals surface area contributed by atoms with Crippen LogP contribution < -0.4 is 9.47 Å². The van der Waals surface area contributed by atoms with E-state index in [-0.39, 0.29) is 12.5 Å². The van der Waals surface area contributed by atoms with E-state index in [1.807, 2.05) is 54.6 Å². The topological polar surface area (TPSA) is 97.9 Å². The summed E-state index contributed by atoms with van der Waals surface area (Å²) >= 11 is 0. The summed E-state index contributed by atoms with van der Waals surface area (Å²) in [4.78, 5) is 22.0. The average Bonchev–Trinajstić information content (AvgIpc) is 3.29. The van der Waals surface area contributed by atoms with Gasteiger partial charge in [-0.25, -0.2) is 9.97 Å². The Kier molecular flexibility index (Phi) is 6.63. The fourth-order valence-electron chi connectivity index (χ4n) is 4.55. The molecular weight excluding hydrogens is 446 g/mol. The lowest BCUT2D eigenvalue weighted by Gasteiger charge is -2.32. The molecule has 0 radical (unpaired) electrons. The number of carboxylic acid groups (broad SMARTS) is 1. The van der Waals surface area contributed by atoms with Crippen molar-refractivity contribution in [3.05, 3.63) is 60.9 Å². The van der Waals surface area contributed by atoms with Crippen molar-refractivity contribution < 1.29 is 23.8 Å².